The van der Waals surface area contributed by atoms with Crippen LogP contribution < -0.4 is 0 Å². The number of hydrogen-bond donors (Lipinski definition) is 5. The second-order valence-corrected chi connectivity index (χ2v) is 14.6. The molecule has 5 N–H and O–H groups in total. The van der Waals surface area contributed by atoms with Crippen molar-refractivity contribution in [3.63, 3.8) is 0 Å². The van der Waals surface area contributed by atoms with Crippen molar-refractivity contribution in [3.05, 3.63) is 155 Å². The average Bonchev–Trinajstić information content (AvgIpc) is 3.26. The lowest BCUT2D eigenvalue weighted by Crippen LogP contribution is -2.62. The van der Waals surface area contributed by atoms with Gasteiger partial charge in [-0.2, -0.15) is 0 Å². The fraction of sp³-hybridized carbons (Fsp3) is 0.435. The topological polar surface area (TPSA) is 175 Å². The molecule has 6 rings (SSSR count). The molecule has 0 spiro atoms. The quantitative estimate of drug-likeness (QED) is 0.0516. The highest BCUT2D eigenvalue weighted by molar-refractivity contribution is 5.16. The summed E-state index contributed by atoms with van der Waals surface area (Å²) < 4.78 is 52.0. The maximum absolute atomic E-state index is 11.0. The molecule has 2 aliphatic rings. The van der Waals surface area contributed by atoms with Crippen LogP contribution in [0.15, 0.2) is 133 Å². The van der Waals surface area contributed by atoms with Gasteiger partial charge in [-0.25, -0.2) is 0 Å². The van der Waals surface area contributed by atoms with Gasteiger partial charge in [0.25, 0.3) is 0 Å². The maximum atomic E-state index is 11.0. The summed E-state index contributed by atoms with van der Waals surface area (Å²) in [4.78, 5) is 0. The lowest BCUT2D eigenvalue weighted by molar-refractivity contribution is -0.349. The first-order valence-corrected chi connectivity index (χ1v) is 20.1. The molecule has 13 nitrogen and oxygen atoms in total. The highest BCUT2D eigenvalue weighted by Gasteiger charge is 2.50. The molecule has 2 heterocycles. The van der Waals surface area contributed by atoms with Crippen LogP contribution in [0.25, 0.3) is 0 Å². The predicted octanol–water partition coefficient (Wildman–Crippen LogP) is 5.65. The molecule has 13 heteroatoms. The van der Waals surface area contributed by atoms with Crippen molar-refractivity contribution in [3.8, 4) is 0 Å². The summed E-state index contributed by atoms with van der Waals surface area (Å²) in [5.41, 5.74) is 3.79. The van der Waals surface area contributed by atoms with Gasteiger partial charge in [0, 0.05) is 19.6 Å². The van der Waals surface area contributed by atoms with Gasteiger partial charge >= 0.3 is 0 Å². The Balaban J connectivity index is 1.31. The van der Waals surface area contributed by atoms with E-state index in [4.69, 9.17) is 37.9 Å². The first-order chi connectivity index (χ1) is 28.8. The molecule has 318 valence electrons. The van der Waals surface area contributed by atoms with E-state index >= 15 is 0 Å². The third-order valence-electron chi connectivity index (χ3n) is 10.3. The molecule has 2 saturated heterocycles. The second-order valence-electron chi connectivity index (χ2n) is 14.6. The van der Waals surface area contributed by atoms with E-state index in [9.17, 15) is 25.5 Å². The van der Waals surface area contributed by atoms with Gasteiger partial charge in [0.15, 0.2) is 17.8 Å². The van der Waals surface area contributed by atoms with Crippen LogP contribution in [0, 0.1) is 0 Å². The summed E-state index contributed by atoms with van der Waals surface area (Å²) in [6, 6.07) is 39.0. The van der Waals surface area contributed by atoms with Crippen LogP contribution in [0.1, 0.15) is 42.0 Å². The lowest BCUT2D eigenvalue weighted by atomic mass is 9.97. The van der Waals surface area contributed by atoms with Gasteiger partial charge < -0.3 is 63.4 Å². The molecule has 10 unspecified atom stereocenters. The van der Waals surface area contributed by atoms with Crippen molar-refractivity contribution >= 4 is 0 Å². The van der Waals surface area contributed by atoms with Crippen LogP contribution in [0.4, 0.5) is 0 Å². The molecule has 10 atom stereocenters. The Morgan fingerprint density at radius 1 is 0.644 bits per heavy atom. The van der Waals surface area contributed by atoms with Crippen LogP contribution in [-0.4, -0.2) is 107 Å². The molecule has 0 radical (unpaired) electrons. The zero-order valence-electron chi connectivity index (χ0n) is 33.2. The maximum Gasteiger partial charge on any atom is 0.217 e. The van der Waals surface area contributed by atoms with Crippen LogP contribution >= 0.6 is 0 Å². The molecular formula is C46H56O13. The Kier molecular flexibility index (Phi) is 17.3. The van der Waals surface area contributed by atoms with Gasteiger partial charge in [0.2, 0.25) is 6.29 Å². The smallest absolute Gasteiger partial charge is 0.217 e. The second kappa shape index (κ2) is 23.0. The van der Waals surface area contributed by atoms with Gasteiger partial charge in [-0.15, -0.1) is 0 Å². The summed E-state index contributed by atoms with van der Waals surface area (Å²) in [6.45, 7) is 2.70. The van der Waals surface area contributed by atoms with Gasteiger partial charge in [-0.05, 0) is 35.6 Å². The van der Waals surface area contributed by atoms with E-state index in [0.717, 1.165) is 22.3 Å². The molecule has 0 saturated carbocycles. The molecule has 0 aromatic heterocycles. The number of rotatable bonds is 21. The van der Waals surface area contributed by atoms with Crippen molar-refractivity contribution in [2.24, 2.45) is 0 Å². The summed E-state index contributed by atoms with van der Waals surface area (Å²) in [7, 11) is 0. The molecule has 0 aliphatic carbocycles. The molecule has 2 fully saturated rings. The van der Waals surface area contributed by atoms with Crippen molar-refractivity contribution in [1.29, 1.82) is 0 Å². The summed E-state index contributed by atoms with van der Waals surface area (Å²) in [6.07, 6.45) is -10.3. The Bertz CT molecular complexity index is 1800. The Morgan fingerprint density at radius 2 is 1.14 bits per heavy atom. The Hall–Kier alpha value is -4.22. The van der Waals surface area contributed by atoms with Crippen LogP contribution in [0.2, 0.25) is 0 Å². The van der Waals surface area contributed by atoms with E-state index < -0.39 is 79.5 Å². The average molecular weight is 817 g/mol. The van der Waals surface area contributed by atoms with E-state index in [0.29, 0.717) is 6.61 Å². The number of ether oxygens (including phenoxy) is 8. The third kappa shape index (κ3) is 12.9. The van der Waals surface area contributed by atoms with Gasteiger partial charge in [-0.1, -0.05) is 121 Å². The van der Waals surface area contributed by atoms with E-state index in [2.05, 4.69) is 0 Å². The Morgan fingerprint density at radius 3 is 1.66 bits per heavy atom. The lowest BCUT2D eigenvalue weighted by Gasteiger charge is -2.47. The van der Waals surface area contributed by atoms with Crippen molar-refractivity contribution < 1.29 is 63.4 Å². The standard InChI is InChI=1S/C46H56O13/c1-31-41(54-27-33-16-8-3-9-17-33)43(55-28-34-18-10-4-11-19-34)44(56-29-35-20-12-5-13-21-35)46(57-31)59-42-37(58-45(51)40(50)39(49)36(48)22-24-47)23-25-53-38(42)30-52-26-32-14-6-2-7-15-32/h2-21,31,36-38,41-51H,22-30H2,1H3/b40-39-. The molecule has 4 aromatic rings. The summed E-state index contributed by atoms with van der Waals surface area (Å²) in [5.74, 6) is -1.91. The van der Waals surface area contributed by atoms with Crippen LogP contribution in [0.5, 0.6) is 0 Å². The minimum atomic E-state index is -2.06. The first kappa shape index (κ1) is 44.3. The van der Waals surface area contributed by atoms with Crippen molar-refractivity contribution in [2.45, 2.75) is 108 Å². The number of aliphatic hydroxyl groups excluding tert-OH is 5. The highest BCUT2D eigenvalue weighted by atomic mass is 16.7. The van der Waals surface area contributed by atoms with E-state index in [1.54, 1.807) is 0 Å². The van der Waals surface area contributed by atoms with Crippen molar-refractivity contribution in [2.75, 3.05) is 19.8 Å². The SMILES string of the molecule is CC1OC(OC2C(COCc3ccccc3)OCCC2OC(O)/C(O)=C(/O)C(O)CCO)C(OCc2ccccc2)C(OCc2ccccc2)C1OCc1ccccc1. The van der Waals surface area contributed by atoms with Gasteiger partial charge in [0.1, 0.15) is 36.6 Å². The number of benzene rings is 4. The zero-order chi connectivity index (χ0) is 41.4. The van der Waals surface area contributed by atoms with Gasteiger partial charge in [-0.3, -0.25) is 0 Å². The Labute approximate surface area is 345 Å². The fourth-order valence-corrected chi connectivity index (χ4v) is 7.08. The number of aliphatic hydroxyl groups is 5. The normalized spacial score (nSPS) is 26.2. The van der Waals surface area contributed by atoms with Gasteiger partial charge in [0.05, 0.1) is 45.2 Å². The molecule has 4 aromatic carbocycles. The summed E-state index contributed by atoms with van der Waals surface area (Å²) >= 11 is 0. The molecule has 2 aliphatic heterocycles. The fourth-order valence-electron chi connectivity index (χ4n) is 7.08. The minimum absolute atomic E-state index is 0.0619. The number of hydrogen-bond acceptors (Lipinski definition) is 13. The predicted molar refractivity (Wildman–Crippen MR) is 216 cm³/mol. The molecular weight excluding hydrogens is 760 g/mol. The largest absolute Gasteiger partial charge is 0.506 e. The van der Waals surface area contributed by atoms with E-state index in [1.807, 2.05) is 128 Å². The zero-order valence-corrected chi connectivity index (χ0v) is 33.2. The van der Waals surface area contributed by atoms with Crippen LogP contribution in [-0.2, 0) is 64.3 Å². The van der Waals surface area contributed by atoms with E-state index in [-0.39, 0.29) is 45.9 Å². The monoisotopic (exact) mass is 816 g/mol. The van der Waals surface area contributed by atoms with Crippen molar-refractivity contribution in [1.82, 2.24) is 0 Å². The third-order valence-corrected chi connectivity index (χ3v) is 10.3. The summed E-state index contributed by atoms with van der Waals surface area (Å²) in [5, 5.41) is 51.6. The van der Waals surface area contributed by atoms with E-state index in [1.165, 1.54) is 0 Å². The molecule has 0 amide bonds. The molecule has 0 bridgehead atoms. The molecule has 59 heavy (non-hydrogen) atoms. The first-order valence-electron chi connectivity index (χ1n) is 20.1. The highest BCUT2D eigenvalue weighted by Crippen LogP contribution is 2.34. The minimum Gasteiger partial charge on any atom is -0.506 e. The van der Waals surface area contributed by atoms with Crippen LogP contribution in [0.3, 0.4) is 0 Å².